The number of nitrogens with zero attached hydrogens (tertiary/aromatic N) is 2. The fourth-order valence-electron chi connectivity index (χ4n) is 1.29. The first-order chi connectivity index (χ1) is 6.31. The Balaban J connectivity index is 2.10. The second-order valence-corrected chi connectivity index (χ2v) is 4.26. The Morgan fingerprint density at radius 1 is 1.77 bits per heavy atom. The molecule has 0 aromatic carbocycles. The van der Waals surface area contributed by atoms with Crippen LogP contribution in [0.2, 0.25) is 0 Å². The van der Waals surface area contributed by atoms with Gasteiger partial charge in [0.15, 0.2) is 5.78 Å². The molecule has 0 spiro atoms. The van der Waals surface area contributed by atoms with E-state index in [4.69, 9.17) is 0 Å². The molecule has 13 heavy (non-hydrogen) atoms. The normalized spacial score (nSPS) is 17.0. The van der Waals surface area contributed by atoms with Crippen molar-refractivity contribution in [2.75, 3.05) is 11.5 Å². The van der Waals surface area contributed by atoms with Gasteiger partial charge in [0.25, 0.3) is 0 Å². The van der Waals surface area contributed by atoms with Gasteiger partial charge in [0.2, 0.25) is 0 Å². The number of carbonyl (C=O) groups is 1. The number of rotatable bonds is 3. The summed E-state index contributed by atoms with van der Waals surface area (Å²) in [6.45, 7) is 2.84. The van der Waals surface area contributed by atoms with E-state index < -0.39 is 0 Å². The summed E-state index contributed by atoms with van der Waals surface area (Å²) in [5.74, 6) is 2.48. The second-order valence-electron chi connectivity index (χ2n) is 3.18. The molecule has 0 amide bonds. The third kappa shape index (κ3) is 1.63. The van der Waals surface area contributed by atoms with Crippen LogP contribution in [0.5, 0.6) is 0 Å². The van der Waals surface area contributed by atoms with E-state index in [0.29, 0.717) is 0 Å². The highest BCUT2D eigenvalue weighted by atomic mass is 32.2. The van der Waals surface area contributed by atoms with Crippen LogP contribution in [0.3, 0.4) is 0 Å². The molecule has 1 aliphatic rings. The zero-order valence-corrected chi connectivity index (χ0v) is 8.38. The van der Waals surface area contributed by atoms with E-state index in [9.17, 15) is 4.79 Å². The lowest BCUT2D eigenvalue weighted by Gasteiger charge is -2.22. The highest BCUT2D eigenvalue weighted by molar-refractivity contribution is 8.00. The molecule has 2 heterocycles. The van der Waals surface area contributed by atoms with E-state index in [1.54, 1.807) is 10.9 Å². The number of hydrogen-bond acceptors (Lipinski definition) is 3. The van der Waals surface area contributed by atoms with Crippen molar-refractivity contribution in [3.05, 3.63) is 18.0 Å². The minimum atomic E-state index is 0.250. The van der Waals surface area contributed by atoms with E-state index in [0.717, 1.165) is 23.6 Å². The SMILES string of the molecule is CCn1cc(C(=O)C2CSC2)cn1. The molecule has 3 nitrogen and oxygen atoms in total. The highest BCUT2D eigenvalue weighted by Crippen LogP contribution is 2.27. The molecule has 2 rings (SSSR count). The van der Waals surface area contributed by atoms with Crippen molar-refractivity contribution < 1.29 is 4.79 Å². The first-order valence-corrected chi connectivity index (χ1v) is 5.61. The molecule has 1 aromatic rings. The van der Waals surface area contributed by atoms with Crippen LogP contribution in [0.15, 0.2) is 12.4 Å². The van der Waals surface area contributed by atoms with Crippen LogP contribution in [0.25, 0.3) is 0 Å². The van der Waals surface area contributed by atoms with Crippen LogP contribution in [0.4, 0.5) is 0 Å². The quantitative estimate of drug-likeness (QED) is 0.686. The molecule has 1 fully saturated rings. The second kappa shape index (κ2) is 3.54. The molecule has 1 aromatic heterocycles. The van der Waals surface area contributed by atoms with Crippen molar-refractivity contribution >= 4 is 17.5 Å². The monoisotopic (exact) mass is 196 g/mol. The predicted molar refractivity (Wildman–Crippen MR) is 53.0 cm³/mol. The van der Waals surface area contributed by atoms with Crippen molar-refractivity contribution in [3.8, 4) is 0 Å². The van der Waals surface area contributed by atoms with Gasteiger partial charge in [-0.25, -0.2) is 0 Å². The van der Waals surface area contributed by atoms with Crippen molar-refractivity contribution in [1.82, 2.24) is 9.78 Å². The molecule has 0 atom stereocenters. The number of carbonyl (C=O) groups excluding carboxylic acids is 1. The van der Waals surface area contributed by atoms with E-state index in [1.165, 1.54) is 0 Å². The van der Waals surface area contributed by atoms with Gasteiger partial charge in [0, 0.05) is 30.2 Å². The average molecular weight is 196 g/mol. The number of ketones is 1. The summed E-state index contributed by atoms with van der Waals surface area (Å²) in [5.41, 5.74) is 0.771. The van der Waals surface area contributed by atoms with Crippen LogP contribution in [-0.4, -0.2) is 27.1 Å². The topological polar surface area (TPSA) is 34.9 Å². The van der Waals surface area contributed by atoms with Crippen LogP contribution >= 0.6 is 11.8 Å². The largest absolute Gasteiger partial charge is 0.294 e. The number of aromatic nitrogens is 2. The van der Waals surface area contributed by atoms with Gasteiger partial charge in [-0.2, -0.15) is 16.9 Å². The third-order valence-electron chi connectivity index (χ3n) is 2.25. The smallest absolute Gasteiger partial charge is 0.170 e. The summed E-state index contributed by atoms with van der Waals surface area (Å²) >= 11 is 1.83. The standard InChI is InChI=1S/C9H12N2OS/c1-2-11-4-7(3-10-11)9(12)8-5-13-6-8/h3-4,8H,2,5-6H2,1H3. The van der Waals surface area contributed by atoms with Crippen LogP contribution in [-0.2, 0) is 6.54 Å². The zero-order chi connectivity index (χ0) is 9.26. The fraction of sp³-hybridized carbons (Fsp3) is 0.556. The van der Waals surface area contributed by atoms with E-state index >= 15 is 0 Å². The lowest BCUT2D eigenvalue weighted by molar-refractivity contribution is 0.0939. The maximum atomic E-state index is 11.7. The minimum Gasteiger partial charge on any atom is -0.294 e. The maximum Gasteiger partial charge on any atom is 0.170 e. The molecule has 1 saturated heterocycles. The Labute approximate surface area is 81.5 Å². The Morgan fingerprint density at radius 3 is 3.00 bits per heavy atom. The van der Waals surface area contributed by atoms with Gasteiger partial charge in [-0.3, -0.25) is 9.48 Å². The minimum absolute atomic E-state index is 0.250. The molecule has 0 unspecified atom stereocenters. The molecule has 0 radical (unpaired) electrons. The van der Waals surface area contributed by atoms with Gasteiger partial charge < -0.3 is 0 Å². The van der Waals surface area contributed by atoms with Crippen LogP contribution in [0, 0.1) is 5.92 Å². The van der Waals surface area contributed by atoms with E-state index in [2.05, 4.69) is 5.10 Å². The maximum absolute atomic E-state index is 11.7. The average Bonchev–Trinajstić information content (AvgIpc) is 2.48. The Hall–Kier alpha value is -0.770. The zero-order valence-electron chi connectivity index (χ0n) is 7.56. The molecular formula is C9H12N2OS. The summed E-state index contributed by atoms with van der Waals surface area (Å²) in [5, 5.41) is 4.09. The van der Waals surface area contributed by atoms with Gasteiger partial charge in [-0.05, 0) is 6.92 Å². The van der Waals surface area contributed by atoms with Crippen molar-refractivity contribution in [1.29, 1.82) is 0 Å². The van der Waals surface area contributed by atoms with Gasteiger partial charge in [-0.15, -0.1) is 0 Å². The molecule has 0 saturated carbocycles. The molecule has 0 aliphatic carbocycles. The number of Topliss-reactive ketones (excluding diaryl/α,β-unsaturated/α-hetero) is 1. The lowest BCUT2D eigenvalue weighted by atomic mass is 10.0. The van der Waals surface area contributed by atoms with Crippen molar-refractivity contribution in [3.63, 3.8) is 0 Å². The molecule has 4 heteroatoms. The Morgan fingerprint density at radius 2 is 2.54 bits per heavy atom. The fourth-order valence-corrected chi connectivity index (χ4v) is 2.06. The number of hydrogen-bond donors (Lipinski definition) is 0. The van der Waals surface area contributed by atoms with Crippen molar-refractivity contribution in [2.24, 2.45) is 5.92 Å². The highest BCUT2D eigenvalue weighted by Gasteiger charge is 2.27. The third-order valence-corrected chi connectivity index (χ3v) is 3.53. The Bertz CT molecular complexity index is 317. The summed E-state index contributed by atoms with van der Waals surface area (Å²) in [6, 6.07) is 0. The van der Waals surface area contributed by atoms with Crippen LogP contribution in [0.1, 0.15) is 17.3 Å². The van der Waals surface area contributed by atoms with Crippen LogP contribution < -0.4 is 0 Å². The summed E-state index contributed by atoms with van der Waals surface area (Å²) < 4.78 is 1.79. The molecule has 1 aliphatic heterocycles. The van der Waals surface area contributed by atoms with Gasteiger partial charge in [0.1, 0.15) is 0 Å². The molecule has 70 valence electrons. The van der Waals surface area contributed by atoms with E-state index in [1.807, 2.05) is 24.9 Å². The first-order valence-electron chi connectivity index (χ1n) is 4.45. The predicted octanol–water partition coefficient (Wildman–Crippen LogP) is 1.45. The number of thioether (sulfide) groups is 1. The molecule has 0 N–H and O–H groups in total. The summed E-state index contributed by atoms with van der Waals surface area (Å²) in [7, 11) is 0. The lowest BCUT2D eigenvalue weighted by Crippen LogP contribution is -2.27. The van der Waals surface area contributed by atoms with Gasteiger partial charge in [0.05, 0.1) is 11.8 Å². The van der Waals surface area contributed by atoms with E-state index in [-0.39, 0.29) is 11.7 Å². The van der Waals surface area contributed by atoms with Gasteiger partial charge in [-0.1, -0.05) is 0 Å². The summed E-state index contributed by atoms with van der Waals surface area (Å²) in [6.07, 6.45) is 3.51. The van der Waals surface area contributed by atoms with Gasteiger partial charge >= 0.3 is 0 Å². The Kier molecular flexibility index (Phi) is 2.40. The summed E-state index contributed by atoms with van der Waals surface area (Å²) in [4.78, 5) is 11.7. The number of aryl methyl sites for hydroxylation is 1. The molecular weight excluding hydrogens is 184 g/mol. The van der Waals surface area contributed by atoms with Crippen molar-refractivity contribution in [2.45, 2.75) is 13.5 Å². The molecule has 0 bridgehead atoms. The first kappa shape index (κ1) is 8.81.